The van der Waals surface area contributed by atoms with Gasteiger partial charge in [0.25, 0.3) is 0 Å². The standard InChI is InChI=1S/C16H16N2O4S2/c1-11(19)21-3-5-23-15-7-13(9-17)14(10-18)8-16(15)24-6-4-22-12(2)20/h7-8H,3-6H2,1-2H3. The van der Waals surface area contributed by atoms with Crippen LogP contribution >= 0.6 is 23.5 Å². The number of rotatable bonds is 8. The topological polar surface area (TPSA) is 100 Å². The van der Waals surface area contributed by atoms with Crippen LogP contribution in [0.15, 0.2) is 21.9 Å². The lowest BCUT2D eigenvalue weighted by molar-refractivity contribution is -0.141. The summed E-state index contributed by atoms with van der Waals surface area (Å²) in [5.41, 5.74) is 0.605. The van der Waals surface area contributed by atoms with Gasteiger partial charge >= 0.3 is 11.9 Å². The Morgan fingerprint density at radius 1 is 0.917 bits per heavy atom. The van der Waals surface area contributed by atoms with Crippen molar-refractivity contribution in [2.45, 2.75) is 23.6 Å². The molecule has 0 fully saturated rings. The van der Waals surface area contributed by atoms with Crippen molar-refractivity contribution in [3.8, 4) is 12.1 Å². The normalized spacial score (nSPS) is 9.67. The molecule has 8 heteroatoms. The summed E-state index contributed by atoms with van der Waals surface area (Å²) in [5.74, 6) is 0.384. The first kappa shape index (κ1) is 19.9. The predicted molar refractivity (Wildman–Crippen MR) is 90.6 cm³/mol. The molecule has 6 nitrogen and oxygen atoms in total. The van der Waals surface area contributed by atoms with E-state index in [0.29, 0.717) is 22.6 Å². The summed E-state index contributed by atoms with van der Waals surface area (Å²) in [4.78, 5) is 23.2. The molecule has 0 aromatic heterocycles. The van der Waals surface area contributed by atoms with Gasteiger partial charge < -0.3 is 9.47 Å². The Bertz CT molecular complexity index is 634. The first-order valence-corrected chi connectivity index (χ1v) is 8.95. The third-order valence-corrected chi connectivity index (χ3v) is 4.79. The minimum absolute atomic E-state index is 0.263. The molecule has 0 atom stereocenters. The highest BCUT2D eigenvalue weighted by molar-refractivity contribution is 8.02. The number of ether oxygens (including phenoxy) is 2. The smallest absolute Gasteiger partial charge is 0.302 e. The zero-order valence-electron chi connectivity index (χ0n) is 13.3. The average Bonchev–Trinajstić information content (AvgIpc) is 2.55. The van der Waals surface area contributed by atoms with Gasteiger partial charge in [-0.3, -0.25) is 9.59 Å². The maximum atomic E-state index is 10.8. The van der Waals surface area contributed by atoms with E-state index in [0.717, 1.165) is 9.79 Å². The number of hydrogen-bond donors (Lipinski definition) is 0. The van der Waals surface area contributed by atoms with Gasteiger partial charge in [0.1, 0.15) is 25.4 Å². The van der Waals surface area contributed by atoms with E-state index in [1.165, 1.54) is 37.4 Å². The summed E-state index contributed by atoms with van der Waals surface area (Å²) in [6.07, 6.45) is 0. The van der Waals surface area contributed by atoms with Gasteiger partial charge in [0.05, 0.1) is 11.1 Å². The Labute approximate surface area is 149 Å². The summed E-state index contributed by atoms with van der Waals surface area (Å²) >= 11 is 2.87. The van der Waals surface area contributed by atoms with Crippen LogP contribution in [0, 0.1) is 22.7 Å². The molecule has 0 amide bonds. The Morgan fingerprint density at radius 2 is 1.29 bits per heavy atom. The maximum absolute atomic E-state index is 10.8. The van der Waals surface area contributed by atoms with E-state index < -0.39 is 0 Å². The fourth-order valence-corrected chi connectivity index (χ4v) is 3.58. The van der Waals surface area contributed by atoms with Gasteiger partial charge in [0.15, 0.2) is 0 Å². The van der Waals surface area contributed by atoms with Crippen LogP contribution in [0.2, 0.25) is 0 Å². The van der Waals surface area contributed by atoms with Crippen LogP contribution in [0.25, 0.3) is 0 Å². The second kappa shape index (κ2) is 10.6. The molecule has 1 aromatic rings. The van der Waals surface area contributed by atoms with E-state index in [-0.39, 0.29) is 25.2 Å². The number of thioether (sulfide) groups is 2. The molecule has 0 aliphatic rings. The Balaban J connectivity index is 2.83. The highest BCUT2D eigenvalue weighted by Gasteiger charge is 2.11. The molecule has 0 radical (unpaired) electrons. The van der Waals surface area contributed by atoms with Crippen LogP contribution in [0.4, 0.5) is 0 Å². The van der Waals surface area contributed by atoms with Crippen LogP contribution in [-0.2, 0) is 19.1 Å². The Kier molecular flexibility index (Phi) is 8.77. The van der Waals surface area contributed by atoms with Gasteiger partial charge in [-0.25, -0.2) is 0 Å². The number of carbonyl (C=O) groups is 2. The van der Waals surface area contributed by atoms with Crippen LogP contribution in [-0.4, -0.2) is 36.7 Å². The molecule has 1 aromatic carbocycles. The van der Waals surface area contributed by atoms with Crippen molar-refractivity contribution in [2.75, 3.05) is 24.7 Å². The molecule has 24 heavy (non-hydrogen) atoms. The number of nitriles is 2. The van der Waals surface area contributed by atoms with Crippen molar-refractivity contribution >= 4 is 35.5 Å². The first-order chi connectivity index (χ1) is 11.5. The Morgan fingerprint density at radius 3 is 1.58 bits per heavy atom. The third kappa shape index (κ3) is 6.95. The van der Waals surface area contributed by atoms with E-state index >= 15 is 0 Å². The SMILES string of the molecule is CC(=O)OCCSc1cc(C#N)c(C#N)cc1SCCOC(C)=O. The molecule has 0 saturated carbocycles. The third-order valence-electron chi connectivity index (χ3n) is 2.62. The van der Waals surface area contributed by atoms with Crippen LogP contribution in [0.1, 0.15) is 25.0 Å². The summed E-state index contributed by atoms with van der Waals surface area (Å²) in [7, 11) is 0. The van der Waals surface area contributed by atoms with Crippen molar-refractivity contribution < 1.29 is 19.1 Å². The number of nitrogens with zero attached hydrogens (tertiary/aromatic N) is 2. The molecule has 126 valence electrons. The summed E-state index contributed by atoms with van der Waals surface area (Å²) in [6.45, 7) is 3.21. The minimum Gasteiger partial charge on any atom is -0.465 e. The van der Waals surface area contributed by atoms with Crippen molar-refractivity contribution in [3.05, 3.63) is 23.3 Å². The summed E-state index contributed by atoms with van der Waals surface area (Å²) < 4.78 is 9.78. The molecule has 0 bridgehead atoms. The van der Waals surface area contributed by atoms with Crippen LogP contribution in [0.3, 0.4) is 0 Å². The molecule has 0 aliphatic carbocycles. The lowest BCUT2D eigenvalue weighted by atomic mass is 10.1. The van der Waals surface area contributed by atoms with Crippen molar-refractivity contribution in [1.82, 2.24) is 0 Å². The molecule has 1 rings (SSSR count). The lowest BCUT2D eigenvalue weighted by Crippen LogP contribution is -2.03. The molecule has 0 saturated heterocycles. The maximum Gasteiger partial charge on any atom is 0.302 e. The molecule has 0 aliphatic heterocycles. The minimum atomic E-state index is -0.343. The monoisotopic (exact) mass is 364 g/mol. The number of esters is 2. The van der Waals surface area contributed by atoms with Gasteiger partial charge in [-0.1, -0.05) is 0 Å². The zero-order valence-corrected chi connectivity index (χ0v) is 15.0. The molecular weight excluding hydrogens is 348 g/mol. The van der Waals surface area contributed by atoms with E-state index in [4.69, 9.17) is 20.0 Å². The molecule has 0 N–H and O–H groups in total. The van der Waals surface area contributed by atoms with Crippen LogP contribution < -0.4 is 0 Å². The molecular formula is C16H16N2O4S2. The zero-order chi connectivity index (χ0) is 17.9. The quantitative estimate of drug-likeness (QED) is 0.394. The van der Waals surface area contributed by atoms with Gasteiger partial charge in [-0.15, -0.1) is 23.5 Å². The predicted octanol–water partition coefficient (Wildman–Crippen LogP) is 2.74. The second-order valence-corrected chi connectivity index (χ2v) is 6.72. The van der Waals surface area contributed by atoms with Crippen LogP contribution in [0.5, 0.6) is 0 Å². The highest BCUT2D eigenvalue weighted by atomic mass is 32.2. The largest absolute Gasteiger partial charge is 0.465 e. The molecule has 0 unspecified atom stereocenters. The summed E-state index contributed by atoms with van der Waals surface area (Å²) in [5, 5.41) is 18.3. The van der Waals surface area contributed by atoms with Gasteiger partial charge in [0.2, 0.25) is 0 Å². The Hall–Kier alpha value is -2.16. The summed E-state index contributed by atoms with van der Waals surface area (Å²) in [6, 6.07) is 7.33. The van der Waals surface area contributed by atoms with Gasteiger partial charge in [0, 0.05) is 35.1 Å². The van der Waals surface area contributed by atoms with Crippen molar-refractivity contribution in [1.29, 1.82) is 10.5 Å². The van der Waals surface area contributed by atoms with Gasteiger partial charge in [-0.05, 0) is 12.1 Å². The fraction of sp³-hybridized carbons (Fsp3) is 0.375. The van der Waals surface area contributed by atoms with E-state index in [2.05, 4.69) is 0 Å². The second-order valence-electron chi connectivity index (χ2n) is 4.45. The van der Waals surface area contributed by atoms with Crippen molar-refractivity contribution in [2.24, 2.45) is 0 Å². The number of hydrogen-bond acceptors (Lipinski definition) is 8. The number of carbonyl (C=O) groups excluding carboxylic acids is 2. The van der Waals surface area contributed by atoms with Crippen molar-refractivity contribution in [3.63, 3.8) is 0 Å². The fourth-order valence-electron chi connectivity index (χ4n) is 1.64. The van der Waals surface area contributed by atoms with E-state index in [1.54, 1.807) is 12.1 Å². The van der Waals surface area contributed by atoms with E-state index in [9.17, 15) is 9.59 Å². The van der Waals surface area contributed by atoms with E-state index in [1.807, 2.05) is 12.1 Å². The molecule has 0 heterocycles. The number of benzene rings is 1. The molecule has 0 spiro atoms. The first-order valence-electron chi connectivity index (χ1n) is 6.98. The van der Waals surface area contributed by atoms with Gasteiger partial charge in [-0.2, -0.15) is 10.5 Å². The lowest BCUT2D eigenvalue weighted by Gasteiger charge is -2.11. The average molecular weight is 364 g/mol. The highest BCUT2D eigenvalue weighted by Crippen LogP contribution is 2.33.